The number of carbonyl (C=O) groups is 3. The molecular weight excluding hydrogens is 468 g/mol. The number of hydrogen-bond acceptors (Lipinski definition) is 6. The zero-order chi connectivity index (χ0) is 25.1. The number of fused-ring (bicyclic) bond motifs is 5. The molecule has 0 aliphatic carbocycles. The number of benzene rings is 2. The molecule has 3 aromatic rings. The molecule has 1 atom stereocenters. The first kappa shape index (κ1) is 22.4. The number of aromatic nitrogens is 1. The van der Waals surface area contributed by atoms with Crippen molar-refractivity contribution in [2.24, 2.45) is 0 Å². The number of rotatable bonds is 3. The Labute approximate surface area is 214 Å². The van der Waals surface area contributed by atoms with Crippen molar-refractivity contribution < 1.29 is 19.1 Å². The Morgan fingerprint density at radius 2 is 1.89 bits per heavy atom. The number of ether oxygens (including phenoxy) is 1. The van der Waals surface area contributed by atoms with Crippen molar-refractivity contribution in [2.75, 3.05) is 19.7 Å². The predicted octanol–water partition coefficient (Wildman–Crippen LogP) is 2.92. The fraction of sp³-hybridized carbons (Fsp3) is 0.379. The highest BCUT2D eigenvalue weighted by molar-refractivity contribution is 6.05. The van der Waals surface area contributed by atoms with Gasteiger partial charge >= 0.3 is 0 Å². The van der Waals surface area contributed by atoms with Gasteiger partial charge in [-0.1, -0.05) is 30.3 Å². The Kier molecular flexibility index (Phi) is 5.08. The van der Waals surface area contributed by atoms with E-state index in [1.165, 1.54) is 21.9 Å². The minimum absolute atomic E-state index is 0.0526. The van der Waals surface area contributed by atoms with Gasteiger partial charge in [0.2, 0.25) is 11.8 Å². The van der Waals surface area contributed by atoms with Gasteiger partial charge in [0.15, 0.2) is 0 Å². The highest BCUT2D eigenvalue weighted by atomic mass is 16.5. The van der Waals surface area contributed by atoms with Crippen LogP contribution >= 0.6 is 0 Å². The Morgan fingerprint density at radius 1 is 1.05 bits per heavy atom. The first-order valence-corrected chi connectivity index (χ1v) is 13.0. The molecule has 1 spiro atoms. The molecule has 0 saturated carbocycles. The number of nitrogens with zero attached hydrogens (tertiary/aromatic N) is 3. The maximum atomic E-state index is 13.2. The topological polar surface area (TPSA) is 91.8 Å². The molecule has 3 amide bonds. The SMILES string of the molecule is O=C1CCC(N2Cc3c(ccc4c3OCC43CCN(Cc4cncc5ccccc45)CC3)C2=O)C(=O)N1. The van der Waals surface area contributed by atoms with E-state index in [9.17, 15) is 14.4 Å². The molecule has 8 nitrogen and oxygen atoms in total. The summed E-state index contributed by atoms with van der Waals surface area (Å²) in [6.45, 7) is 3.77. The summed E-state index contributed by atoms with van der Waals surface area (Å²) in [5.74, 6) is 0.00236. The lowest BCUT2D eigenvalue weighted by atomic mass is 9.74. The van der Waals surface area contributed by atoms with Gasteiger partial charge in [0, 0.05) is 52.9 Å². The Balaban J connectivity index is 1.09. The van der Waals surface area contributed by atoms with Gasteiger partial charge in [0.25, 0.3) is 5.91 Å². The average Bonchev–Trinajstić information content (AvgIpc) is 3.44. The number of amides is 3. The fourth-order valence-corrected chi connectivity index (χ4v) is 6.58. The summed E-state index contributed by atoms with van der Waals surface area (Å²) < 4.78 is 6.31. The minimum Gasteiger partial charge on any atom is -0.492 e. The molecular formula is C29H28N4O4. The van der Waals surface area contributed by atoms with Crippen LogP contribution in [0.1, 0.15) is 52.7 Å². The van der Waals surface area contributed by atoms with E-state index in [0.717, 1.165) is 43.8 Å². The number of likely N-dealkylation sites (tertiary alicyclic amines) is 1. The van der Waals surface area contributed by atoms with Gasteiger partial charge < -0.3 is 9.64 Å². The molecule has 0 bridgehead atoms. The van der Waals surface area contributed by atoms with Gasteiger partial charge in [-0.15, -0.1) is 0 Å². The molecule has 0 radical (unpaired) electrons. The molecule has 2 saturated heterocycles. The van der Waals surface area contributed by atoms with Gasteiger partial charge in [0.1, 0.15) is 11.8 Å². The summed E-state index contributed by atoms with van der Waals surface area (Å²) >= 11 is 0. The minimum atomic E-state index is -0.615. The van der Waals surface area contributed by atoms with Crippen molar-refractivity contribution in [1.82, 2.24) is 20.1 Å². The van der Waals surface area contributed by atoms with Crippen LogP contribution in [-0.4, -0.2) is 58.2 Å². The molecule has 2 aromatic carbocycles. The maximum Gasteiger partial charge on any atom is 0.255 e. The third-order valence-corrected chi connectivity index (χ3v) is 8.69. The summed E-state index contributed by atoms with van der Waals surface area (Å²) in [4.78, 5) is 45.7. The van der Waals surface area contributed by atoms with E-state index < -0.39 is 6.04 Å². The average molecular weight is 497 g/mol. The van der Waals surface area contributed by atoms with Crippen molar-refractivity contribution in [3.63, 3.8) is 0 Å². The summed E-state index contributed by atoms with van der Waals surface area (Å²) in [5, 5.41) is 4.80. The van der Waals surface area contributed by atoms with E-state index in [-0.39, 0.29) is 29.6 Å². The molecule has 8 heteroatoms. The molecule has 188 valence electrons. The fourth-order valence-electron chi connectivity index (χ4n) is 6.58. The molecule has 5 heterocycles. The monoisotopic (exact) mass is 496 g/mol. The van der Waals surface area contributed by atoms with E-state index >= 15 is 0 Å². The van der Waals surface area contributed by atoms with Gasteiger partial charge in [-0.2, -0.15) is 0 Å². The van der Waals surface area contributed by atoms with Gasteiger partial charge in [0.05, 0.1) is 13.2 Å². The Morgan fingerprint density at radius 3 is 2.73 bits per heavy atom. The lowest BCUT2D eigenvalue weighted by Gasteiger charge is -2.38. The van der Waals surface area contributed by atoms with Crippen LogP contribution in [-0.2, 0) is 28.1 Å². The van der Waals surface area contributed by atoms with Crippen molar-refractivity contribution in [2.45, 2.75) is 50.2 Å². The quantitative estimate of drug-likeness (QED) is 0.561. The van der Waals surface area contributed by atoms with Crippen molar-refractivity contribution in [1.29, 1.82) is 0 Å². The molecule has 2 fully saturated rings. The second-order valence-electron chi connectivity index (χ2n) is 10.7. The lowest BCUT2D eigenvalue weighted by molar-refractivity contribution is -0.136. The van der Waals surface area contributed by atoms with Gasteiger partial charge in [-0.05, 0) is 49.4 Å². The molecule has 7 rings (SSSR count). The lowest BCUT2D eigenvalue weighted by Crippen LogP contribution is -2.52. The van der Waals surface area contributed by atoms with Crippen LogP contribution in [0.25, 0.3) is 10.8 Å². The van der Waals surface area contributed by atoms with Crippen LogP contribution in [0.4, 0.5) is 0 Å². The van der Waals surface area contributed by atoms with Crippen LogP contribution in [0.3, 0.4) is 0 Å². The second kappa shape index (κ2) is 8.38. The zero-order valence-electron chi connectivity index (χ0n) is 20.5. The van der Waals surface area contributed by atoms with E-state index in [0.29, 0.717) is 25.1 Å². The number of carbonyl (C=O) groups excluding carboxylic acids is 3. The van der Waals surface area contributed by atoms with Crippen LogP contribution in [0.2, 0.25) is 0 Å². The third-order valence-electron chi connectivity index (χ3n) is 8.69. The highest BCUT2D eigenvalue weighted by Crippen LogP contribution is 2.49. The highest BCUT2D eigenvalue weighted by Gasteiger charge is 2.47. The van der Waals surface area contributed by atoms with Gasteiger partial charge in [-0.3, -0.25) is 29.6 Å². The standard InChI is InChI=1S/C29H28N4O4/c34-25-8-7-24(27(35)31-25)33-16-22-21(28(33)36)5-6-23-26(22)37-17-29(23)9-11-32(12-10-29)15-19-14-30-13-18-3-1-2-4-20(18)19/h1-6,13-14,24H,7-12,15-17H2,(H,31,34,35). The summed E-state index contributed by atoms with van der Waals surface area (Å²) in [7, 11) is 0. The van der Waals surface area contributed by atoms with Crippen LogP contribution in [0, 0.1) is 0 Å². The van der Waals surface area contributed by atoms with Crippen LogP contribution < -0.4 is 10.1 Å². The predicted molar refractivity (Wildman–Crippen MR) is 136 cm³/mol. The number of hydrogen-bond donors (Lipinski definition) is 1. The van der Waals surface area contributed by atoms with Crippen LogP contribution in [0.15, 0.2) is 48.8 Å². The number of piperidine rings is 2. The summed E-state index contributed by atoms with van der Waals surface area (Å²) in [6.07, 6.45) is 6.49. The molecule has 1 aromatic heterocycles. The van der Waals surface area contributed by atoms with E-state index in [1.54, 1.807) is 4.90 Å². The molecule has 1 N–H and O–H groups in total. The third kappa shape index (κ3) is 3.54. The van der Waals surface area contributed by atoms with Crippen LogP contribution in [0.5, 0.6) is 5.75 Å². The van der Waals surface area contributed by atoms with E-state index in [2.05, 4.69) is 39.5 Å². The molecule has 4 aliphatic rings. The van der Waals surface area contributed by atoms with E-state index in [4.69, 9.17) is 4.74 Å². The summed E-state index contributed by atoms with van der Waals surface area (Å²) in [6, 6.07) is 11.8. The van der Waals surface area contributed by atoms with Crippen molar-refractivity contribution in [3.05, 3.63) is 71.0 Å². The van der Waals surface area contributed by atoms with Gasteiger partial charge in [-0.25, -0.2) is 0 Å². The summed E-state index contributed by atoms with van der Waals surface area (Å²) in [5.41, 5.74) is 3.88. The molecule has 1 unspecified atom stereocenters. The van der Waals surface area contributed by atoms with Crippen molar-refractivity contribution in [3.8, 4) is 5.75 Å². The maximum absolute atomic E-state index is 13.2. The van der Waals surface area contributed by atoms with Crippen molar-refractivity contribution >= 4 is 28.5 Å². The Hall–Kier alpha value is -3.78. The zero-order valence-corrected chi connectivity index (χ0v) is 20.5. The number of pyridine rings is 1. The largest absolute Gasteiger partial charge is 0.492 e. The number of imide groups is 1. The first-order valence-electron chi connectivity index (χ1n) is 13.0. The smallest absolute Gasteiger partial charge is 0.255 e. The number of nitrogens with one attached hydrogen (secondary N) is 1. The molecule has 4 aliphatic heterocycles. The normalized spacial score (nSPS) is 22.8. The van der Waals surface area contributed by atoms with E-state index in [1.807, 2.05) is 24.5 Å². The first-order chi connectivity index (χ1) is 18.0. The second-order valence-corrected chi connectivity index (χ2v) is 10.7. The molecule has 37 heavy (non-hydrogen) atoms. The Bertz CT molecular complexity index is 1450.